The number of nitrogens with zero attached hydrogens (tertiary/aromatic N) is 1. The van der Waals surface area contributed by atoms with Gasteiger partial charge in [0.1, 0.15) is 6.04 Å². The van der Waals surface area contributed by atoms with Gasteiger partial charge in [0.05, 0.1) is 6.42 Å². The summed E-state index contributed by atoms with van der Waals surface area (Å²) in [6, 6.07) is 6.92. The molecule has 0 aromatic heterocycles. The number of carboxylic acid groups (broad SMARTS) is 1. The zero-order valence-electron chi connectivity index (χ0n) is 13.0. The molecule has 1 fully saturated rings. The van der Waals surface area contributed by atoms with Gasteiger partial charge in [-0.25, -0.2) is 4.79 Å². The fourth-order valence-corrected chi connectivity index (χ4v) is 2.44. The number of carboxylic acids is 1. The molecular formula is C16H21N3O4. The maximum atomic E-state index is 12.3. The molecule has 0 spiro atoms. The number of nitrogens with one attached hydrogen (secondary N) is 2. The van der Waals surface area contributed by atoms with E-state index < -0.39 is 18.0 Å². The molecule has 23 heavy (non-hydrogen) atoms. The predicted octanol–water partition coefficient (Wildman–Crippen LogP) is 0.870. The summed E-state index contributed by atoms with van der Waals surface area (Å²) in [5.74, 6) is -1.09. The minimum absolute atomic E-state index is 0.0369. The number of likely N-dealkylation sites (tertiary alicyclic amines) is 1. The monoisotopic (exact) mass is 319 g/mol. The molecule has 0 saturated carbocycles. The van der Waals surface area contributed by atoms with E-state index in [0.717, 1.165) is 5.56 Å². The Morgan fingerprint density at radius 2 is 2.00 bits per heavy atom. The normalized spacial score (nSPS) is 17.2. The van der Waals surface area contributed by atoms with Crippen LogP contribution in [0.25, 0.3) is 0 Å². The van der Waals surface area contributed by atoms with Gasteiger partial charge < -0.3 is 20.6 Å². The van der Waals surface area contributed by atoms with Crippen molar-refractivity contribution in [2.24, 2.45) is 0 Å². The molecule has 0 radical (unpaired) electrons. The van der Waals surface area contributed by atoms with Crippen molar-refractivity contribution in [2.75, 3.05) is 13.1 Å². The highest BCUT2D eigenvalue weighted by molar-refractivity contribution is 5.88. The van der Waals surface area contributed by atoms with Crippen LogP contribution in [0.15, 0.2) is 24.3 Å². The zero-order chi connectivity index (χ0) is 16.8. The Morgan fingerprint density at radius 3 is 2.65 bits per heavy atom. The summed E-state index contributed by atoms with van der Waals surface area (Å²) < 4.78 is 0. The summed E-state index contributed by atoms with van der Waals surface area (Å²) in [5, 5.41) is 13.5. The first-order valence-corrected chi connectivity index (χ1v) is 7.56. The number of benzene rings is 1. The predicted molar refractivity (Wildman–Crippen MR) is 83.8 cm³/mol. The summed E-state index contributed by atoms with van der Waals surface area (Å²) in [5.41, 5.74) is 2.22. The molecule has 1 heterocycles. The Hall–Kier alpha value is -2.57. The van der Waals surface area contributed by atoms with Crippen LogP contribution >= 0.6 is 0 Å². The number of carbonyl (C=O) groups excluding carboxylic acids is 2. The number of hydrogen-bond donors (Lipinski definition) is 3. The molecule has 0 aliphatic carbocycles. The van der Waals surface area contributed by atoms with Crippen molar-refractivity contribution in [1.82, 2.24) is 15.5 Å². The molecule has 124 valence electrons. The smallest absolute Gasteiger partial charge is 0.315 e. The van der Waals surface area contributed by atoms with Crippen LogP contribution in [0.5, 0.6) is 0 Å². The largest absolute Gasteiger partial charge is 0.481 e. The number of carbonyl (C=O) groups is 3. The third kappa shape index (κ3) is 4.98. The summed E-state index contributed by atoms with van der Waals surface area (Å²) in [6.45, 7) is 3.16. The topological polar surface area (TPSA) is 98.7 Å². The second-order valence-electron chi connectivity index (χ2n) is 5.63. The van der Waals surface area contributed by atoms with Crippen LogP contribution < -0.4 is 10.6 Å². The molecule has 3 amide bonds. The molecule has 1 aliphatic rings. The number of aliphatic carboxylic acids is 1. The molecule has 1 aromatic carbocycles. The average Bonchev–Trinajstić information content (AvgIpc) is 2.82. The Bertz CT molecular complexity index is 585. The average molecular weight is 319 g/mol. The van der Waals surface area contributed by atoms with Gasteiger partial charge in [0, 0.05) is 19.6 Å². The van der Waals surface area contributed by atoms with Crippen molar-refractivity contribution in [2.45, 2.75) is 32.4 Å². The third-order valence-electron chi connectivity index (χ3n) is 3.72. The van der Waals surface area contributed by atoms with Crippen molar-refractivity contribution < 1.29 is 19.5 Å². The highest BCUT2D eigenvalue weighted by atomic mass is 16.4. The van der Waals surface area contributed by atoms with E-state index in [2.05, 4.69) is 10.6 Å². The molecule has 1 aromatic rings. The van der Waals surface area contributed by atoms with Gasteiger partial charge >= 0.3 is 12.0 Å². The molecular weight excluding hydrogens is 298 g/mol. The zero-order valence-corrected chi connectivity index (χ0v) is 13.0. The van der Waals surface area contributed by atoms with Gasteiger partial charge in [0.15, 0.2) is 0 Å². The number of rotatable bonds is 6. The Balaban J connectivity index is 1.80. The molecule has 1 saturated heterocycles. The first-order chi connectivity index (χ1) is 11.0. The summed E-state index contributed by atoms with van der Waals surface area (Å²) >= 11 is 0. The van der Waals surface area contributed by atoms with Gasteiger partial charge in [-0.05, 0) is 18.9 Å². The second-order valence-corrected chi connectivity index (χ2v) is 5.63. The Kier molecular flexibility index (Phi) is 5.56. The van der Waals surface area contributed by atoms with Gasteiger partial charge in [0.2, 0.25) is 5.91 Å². The fraction of sp³-hybridized carbons (Fsp3) is 0.438. The highest BCUT2D eigenvalue weighted by Crippen LogP contribution is 2.15. The molecule has 7 nitrogen and oxygen atoms in total. The minimum atomic E-state index is -0.980. The van der Waals surface area contributed by atoms with Crippen molar-refractivity contribution in [3.63, 3.8) is 0 Å². The van der Waals surface area contributed by atoms with Crippen LogP contribution in [-0.2, 0) is 16.1 Å². The van der Waals surface area contributed by atoms with Crippen molar-refractivity contribution in [3.8, 4) is 0 Å². The maximum absolute atomic E-state index is 12.3. The molecule has 3 N–H and O–H groups in total. The van der Waals surface area contributed by atoms with Crippen molar-refractivity contribution in [1.29, 1.82) is 0 Å². The molecule has 2 rings (SSSR count). The van der Waals surface area contributed by atoms with Gasteiger partial charge in [-0.1, -0.05) is 29.8 Å². The van der Waals surface area contributed by atoms with E-state index in [1.165, 1.54) is 5.56 Å². The van der Waals surface area contributed by atoms with E-state index in [-0.39, 0.29) is 18.9 Å². The van der Waals surface area contributed by atoms with E-state index in [1.807, 2.05) is 31.2 Å². The molecule has 1 atom stereocenters. The van der Waals surface area contributed by atoms with E-state index in [9.17, 15) is 14.4 Å². The van der Waals surface area contributed by atoms with Crippen LogP contribution in [0.4, 0.5) is 4.79 Å². The SMILES string of the molecule is Cc1ccc(CN2CCC(NC(=O)NCCC(=O)O)C2=O)cc1. The fourth-order valence-electron chi connectivity index (χ4n) is 2.44. The Labute approximate surface area is 134 Å². The van der Waals surface area contributed by atoms with Gasteiger partial charge in [-0.15, -0.1) is 0 Å². The second kappa shape index (κ2) is 7.62. The van der Waals surface area contributed by atoms with Crippen LogP contribution in [0.3, 0.4) is 0 Å². The van der Waals surface area contributed by atoms with E-state index in [1.54, 1.807) is 4.90 Å². The van der Waals surface area contributed by atoms with Crippen LogP contribution in [-0.4, -0.2) is 47.0 Å². The van der Waals surface area contributed by atoms with Gasteiger partial charge in [-0.2, -0.15) is 0 Å². The first-order valence-electron chi connectivity index (χ1n) is 7.56. The third-order valence-corrected chi connectivity index (χ3v) is 3.72. The number of hydrogen-bond acceptors (Lipinski definition) is 3. The Morgan fingerprint density at radius 1 is 1.30 bits per heavy atom. The van der Waals surface area contributed by atoms with Crippen molar-refractivity contribution in [3.05, 3.63) is 35.4 Å². The minimum Gasteiger partial charge on any atom is -0.481 e. The lowest BCUT2D eigenvalue weighted by Gasteiger charge is -2.17. The van der Waals surface area contributed by atoms with Crippen molar-refractivity contribution >= 4 is 17.9 Å². The molecule has 1 aliphatic heterocycles. The number of amides is 3. The molecule has 1 unspecified atom stereocenters. The first kappa shape index (κ1) is 16.8. The van der Waals surface area contributed by atoms with E-state index in [0.29, 0.717) is 19.5 Å². The quantitative estimate of drug-likeness (QED) is 0.724. The molecule has 7 heteroatoms. The van der Waals surface area contributed by atoms with Gasteiger partial charge in [0.25, 0.3) is 0 Å². The summed E-state index contributed by atoms with van der Waals surface area (Å²) in [4.78, 5) is 36.0. The van der Waals surface area contributed by atoms with Crippen LogP contribution in [0.1, 0.15) is 24.0 Å². The lowest BCUT2D eigenvalue weighted by atomic mass is 10.1. The summed E-state index contributed by atoms with van der Waals surface area (Å²) in [7, 11) is 0. The van der Waals surface area contributed by atoms with Crippen LogP contribution in [0, 0.1) is 6.92 Å². The van der Waals surface area contributed by atoms with E-state index >= 15 is 0 Å². The van der Waals surface area contributed by atoms with E-state index in [4.69, 9.17) is 5.11 Å². The van der Waals surface area contributed by atoms with Gasteiger partial charge in [-0.3, -0.25) is 9.59 Å². The maximum Gasteiger partial charge on any atom is 0.315 e. The standard InChI is InChI=1S/C16H21N3O4/c1-11-2-4-12(5-3-11)10-19-9-7-13(15(19)22)18-16(23)17-8-6-14(20)21/h2-5,13H,6-10H2,1H3,(H,20,21)(H2,17,18,23). The molecule has 0 bridgehead atoms. The number of urea groups is 1. The summed E-state index contributed by atoms with van der Waals surface area (Å²) in [6.07, 6.45) is 0.405. The lowest BCUT2D eigenvalue weighted by Crippen LogP contribution is -2.46. The lowest BCUT2D eigenvalue weighted by molar-refractivity contribution is -0.136. The highest BCUT2D eigenvalue weighted by Gasteiger charge is 2.32. The number of aryl methyl sites for hydroxylation is 1. The van der Waals surface area contributed by atoms with Crippen LogP contribution in [0.2, 0.25) is 0 Å².